The highest BCUT2D eigenvalue weighted by atomic mass is 35.5. The molecule has 2 aromatic rings. The van der Waals surface area contributed by atoms with Crippen LogP contribution in [-0.4, -0.2) is 41.7 Å². The van der Waals surface area contributed by atoms with Crippen molar-refractivity contribution in [2.24, 2.45) is 5.92 Å². The van der Waals surface area contributed by atoms with Crippen LogP contribution in [0.25, 0.3) is 0 Å². The fourth-order valence-electron chi connectivity index (χ4n) is 2.85. The number of carbonyl (C=O) groups is 4. The molecule has 0 saturated carbocycles. The largest absolute Gasteiger partial charge is 0.457 e. The molecule has 0 bridgehead atoms. The second kappa shape index (κ2) is 9.87. The number of amides is 2. The molecule has 0 aromatic heterocycles. The maximum Gasteiger partial charge on any atom is 0.311 e. The molecule has 0 spiro atoms. The Morgan fingerprint density at radius 2 is 1.74 bits per heavy atom. The molecule has 1 atom stereocenters. The highest BCUT2D eigenvalue weighted by Gasteiger charge is 2.37. The summed E-state index contributed by atoms with van der Waals surface area (Å²) in [6.45, 7) is -0.638. The summed E-state index contributed by atoms with van der Waals surface area (Å²) in [6, 6.07) is 8.59. The van der Waals surface area contributed by atoms with Crippen molar-refractivity contribution < 1.29 is 23.9 Å². The minimum Gasteiger partial charge on any atom is -0.457 e. The molecular weight excluding hydrogens is 490 g/mol. The lowest BCUT2D eigenvalue weighted by atomic mass is 10.1. The van der Waals surface area contributed by atoms with Crippen molar-refractivity contribution in [3.05, 3.63) is 67.6 Å². The van der Waals surface area contributed by atoms with Crippen molar-refractivity contribution in [1.82, 2.24) is 10.4 Å². The number of carbonyl (C=O) groups excluding carboxylic acids is 4. The van der Waals surface area contributed by atoms with Gasteiger partial charge in [-0.05, 0) is 36.4 Å². The highest BCUT2D eigenvalue weighted by molar-refractivity contribution is 6.42. The third-order valence-electron chi connectivity index (χ3n) is 4.45. The van der Waals surface area contributed by atoms with Crippen molar-refractivity contribution in [3.8, 4) is 0 Å². The number of halogens is 4. The number of ketones is 1. The Bertz CT molecular complexity index is 1080. The van der Waals surface area contributed by atoms with Crippen LogP contribution in [0.2, 0.25) is 20.1 Å². The zero-order valence-corrected chi connectivity index (χ0v) is 18.7. The molecule has 11 heteroatoms. The van der Waals surface area contributed by atoms with E-state index in [4.69, 9.17) is 51.1 Å². The Kier molecular flexibility index (Phi) is 7.43. The van der Waals surface area contributed by atoms with Crippen LogP contribution < -0.4 is 5.43 Å². The monoisotopic (exact) mass is 502 g/mol. The normalized spacial score (nSPS) is 15.7. The van der Waals surface area contributed by atoms with Gasteiger partial charge in [0.15, 0.2) is 6.61 Å². The van der Waals surface area contributed by atoms with E-state index in [2.05, 4.69) is 5.43 Å². The molecule has 1 aliphatic rings. The number of hydrazine groups is 1. The van der Waals surface area contributed by atoms with Crippen molar-refractivity contribution in [2.75, 3.05) is 13.2 Å². The van der Waals surface area contributed by atoms with Crippen molar-refractivity contribution in [2.45, 2.75) is 6.42 Å². The van der Waals surface area contributed by atoms with Crippen LogP contribution in [0.1, 0.15) is 27.1 Å². The second-order valence-corrected chi connectivity index (χ2v) is 8.29. The van der Waals surface area contributed by atoms with Crippen LogP contribution in [0.5, 0.6) is 0 Å². The zero-order chi connectivity index (χ0) is 22.7. The Hall–Kier alpha value is -2.32. The van der Waals surface area contributed by atoms with Gasteiger partial charge in [-0.25, -0.2) is 0 Å². The van der Waals surface area contributed by atoms with Crippen molar-refractivity contribution in [3.63, 3.8) is 0 Å². The van der Waals surface area contributed by atoms with Gasteiger partial charge in [0.25, 0.3) is 5.91 Å². The van der Waals surface area contributed by atoms with Crippen LogP contribution in [0.4, 0.5) is 0 Å². The van der Waals surface area contributed by atoms with Crippen molar-refractivity contribution >= 4 is 70.0 Å². The van der Waals surface area contributed by atoms with Crippen molar-refractivity contribution in [1.29, 1.82) is 0 Å². The first-order valence-corrected chi connectivity index (χ1v) is 10.4. The van der Waals surface area contributed by atoms with E-state index in [1.54, 1.807) is 0 Å². The molecule has 1 N–H and O–H groups in total. The van der Waals surface area contributed by atoms with Gasteiger partial charge in [0.05, 0.1) is 27.5 Å². The van der Waals surface area contributed by atoms with E-state index in [0.717, 1.165) is 5.01 Å². The first kappa shape index (κ1) is 23.3. The molecule has 1 fully saturated rings. The Morgan fingerprint density at radius 1 is 1.00 bits per heavy atom. The quantitative estimate of drug-likeness (QED) is 0.470. The van der Waals surface area contributed by atoms with Gasteiger partial charge in [-0.1, -0.05) is 46.4 Å². The van der Waals surface area contributed by atoms with Gasteiger partial charge in [-0.3, -0.25) is 29.6 Å². The average molecular weight is 504 g/mol. The average Bonchev–Trinajstić information content (AvgIpc) is 3.08. The van der Waals surface area contributed by atoms with Gasteiger partial charge < -0.3 is 4.74 Å². The number of hydrogen-bond acceptors (Lipinski definition) is 5. The molecule has 0 unspecified atom stereocenters. The van der Waals surface area contributed by atoms with Crippen LogP contribution in [0.15, 0.2) is 36.4 Å². The third-order valence-corrected chi connectivity index (χ3v) is 5.74. The Labute approximate surface area is 197 Å². The summed E-state index contributed by atoms with van der Waals surface area (Å²) in [5.74, 6) is -3.15. The molecule has 3 rings (SSSR count). The topological polar surface area (TPSA) is 92.8 Å². The fraction of sp³-hybridized carbons (Fsp3) is 0.200. The minimum absolute atomic E-state index is 0.0966. The summed E-state index contributed by atoms with van der Waals surface area (Å²) in [6.07, 6.45) is -0.170. The summed E-state index contributed by atoms with van der Waals surface area (Å²) in [7, 11) is 0. The smallest absolute Gasteiger partial charge is 0.311 e. The van der Waals surface area contributed by atoms with Crippen LogP contribution >= 0.6 is 46.4 Å². The van der Waals surface area contributed by atoms with Crippen LogP contribution in [0.3, 0.4) is 0 Å². The molecule has 31 heavy (non-hydrogen) atoms. The van der Waals surface area contributed by atoms with E-state index in [1.165, 1.54) is 36.4 Å². The molecule has 1 heterocycles. The minimum atomic E-state index is -0.838. The fourth-order valence-corrected chi connectivity index (χ4v) is 3.66. The molecule has 0 aliphatic carbocycles. The van der Waals surface area contributed by atoms with Gasteiger partial charge in [0.1, 0.15) is 0 Å². The molecule has 0 radical (unpaired) electrons. The summed E-state index contributed by atoms with van der Waals surface area (Å²) in [4.78, 5) is 49.0. The first-order chi connectivity index (χ1) is 14.7. The van der Waals surface area contributed by atoms with Crippen LogP contribution in [-0.2, 0) is 14.3 Å². The standard InChI is InChI=1S/C20H14Cl4N2O5/c21-12-2-3-13(15(23)7-12)17(27)9-31-20(30)11-6-18(28)26(8-11)25-19(29)10-1-4-14(22)16(24)5-10/h1-5,7,11H,6,8-9H2,(H,25,29)/t11-/m0/s1. The summed E-state index contributed by atoms with van der Waals surface area (Å²) in [5.41, 5.74) is 2.78. The molecule has 2 amide bonds. The zero-order valence-electron chi connectivity index (χ0n) is 15.7. The number of nitrogens with one attached hydrogen (secondary N) is 1. The van der Waals surface area contributed by atoms with E-state index < -0.39 is 36.1 Å². The van der Waals surface area contributed by atoms with E-state index >= 15 is 0 Å². The van der Waals surface area contributed by atoms with Gasteiger partial charge in [-0.15, -0.1) is 0 Å². The van der Waals surface area contributed by atoms with Crippen LogP contribution in [0, 0.1) is 5.92 Å². The van der Waals surface area contributed by atoms with E-state index in [-0.39, 0.29) is 39.2 Å². The molecule has 162 valence electrons. The Morgan fingerprint density at radius 3 is 2.42 bits per heavy atom. The van der Waals surface area contributed by atoms with E-state index in [0.29, 0.717) is 5.02 Å². The predicted molar refractivity (Wildman–Crippen MR) is 115 cm³/mol. The third kappa shape index (κ3) is 5.68. The van der Waals surface area contributed by atoms with E-state index in [9.17, 15) is 19.2 Å². The van der Waals surface area contributed by atoms with Gasteiger partial charge in [0.2, 0.25) is 11.7 Å². The molecule has 2 aromatic carbocycles. The summed E-state index contributed by atoms with van der Waals surface area (Å²) >= 11 is 23.5. The number of hydrogen-bond donors (Lipinski definition) is 1. The first-order valence-electron chi connectivity index (χ1n) is 8.87. The predicted octanol–water partition coefficient (Wildman–Crippen LogP) is 4.22. The van der Waals surface area contributed by atoms with E-state index in [1.807, 2.05) is 0 Å². The second-order valence-electron chi connectivity index (χ2n) is 6.63. The maximum absolute atomic E-state index is 12.3. The number of rotatable bonds is 6. The maximum atomic E-state index is 12.3. The SMILES string of the molecule is O=C(NN1C[C@@H](C(=O)OCC(=O)c2ccc(Cl)cc2Cl)CC1=O)c1ccc(Cl)c(Cl)c1. The lowest BCUT2D eigenvalue weighted by molar-refractivity contribution is -0.147. The number of ether oxygens (including phenoxy) is 1. The Balaban J connectivity index is 1.55. The number of esters is 1. The number of benzene rings is 2. The molecule has 1 aliphatic heterocycles. The van der Waals surface area contributed by atoms with Gasteiger partial charge in [-0.2, -0.15) is 0 Å². The number of Topliss-reactive ketones (excluding diaryl/α,β-unsaturated/α-hetero) is 1. The molecular formula is C20H14Cl4N2O5. The lowest BCUT2D eigenvalue weighted by Gasteiger charge is -2.17. The number of nitrogens with zero attached hydrogens (tertiary/aromatic N) is 1. The highest BCUT2D eigenvalue weighted by Crippen LogP contribution is 2.24. The van der Waals surface area contributed by atoms with Gasteiger partial charge >= 0.3 is 5.97 Å². The summed E-state index contributed by atoms with van der Waals surface area (Å²) in [5, 5.41) is 2.00. The van der Waals surface area contributed by atoms with Gasteiger partial charge in [0, 0.05) is 22.6 Å². The molecule has 1 saturated heterocycles. The lowest BCUT2D eigenvalue weighted by Crippen LogP contribution is -2.43. The summed E-state index contributed by atoms with van der Waals surface area (Å²) < 4.78 is 5.04. The molecule has 7 nitrogen and oxygen atoms in total.